The van der Waals surface area contributed by atoms with E-state index >= 15 is 0 Å². The molecule has 0 spiro atoms. The van der Waals surface area contributed by atoms with E-state index in [4.69, 9.17) is 4.74 Å². The van der Waals surface area contributed by atoms with Gasteiger partial charge in [0.2, 0.25) is 5.91 Å². The molecule has 0 saturated carbocycles. The minimum absolute atomic E-state index is 0.0190. The van der Waals surface area contributed by atoms with Gasteiger partial charge in [0.05, 0.1) is 10.6 Å². The van der Waals surface area contributed by atoms with Crippen LogP contribution in [-0.2, 0) is 9.59 Å². The van der Waals surface area contributed by atoms with Gasteiger partial charge in [-0.1, -0.05) is 11.3 Å². The maximum Gasteiger partial charge on any atom is 0.324 e. The van der Waals surface area contributed by atoms with Gasteiger partial charge in [-0.2, -0.15) is 0 Å². The summed E-state index contributed by atoms with van der Waals surface area (Å²) in [6.07, 6.45) is 2.81. The molecule has 1 aromatic heterocycles. The second kappa shape index (κ2) is 6.73. The molecule has 0 fully saturated rings. The van der Waals surface area contributed by atoms with Crippen molar-refractivity contribution in [3.63, 3.8) is 0 Å². The van der Waals surface area contributed by atoms with Crippen molar-refractivity contribution in [2.45, 2.75) is 0 Å². The fraction of sp³-hybridized carbons (Fsp3) is 0.125. The lowest BCUT2D eigenvalue weighted by atomic mass is 10.2. The number of hydrogen-bond acceptors (Lipinski definition) is 6. The topological polar surface area (TPSA) is 102 Å². The van der Waals surface area contributed by atoms with Crippen LogP contribution in [0.3, 0.4) is 0 Å². The van der Waals surface area contributed by atoms with Crippen molar-refractivity contribution in [2.75, 3.05) is 23.9 Å². The smallest absolute Gasteiger partial charge is 0.324 e. The average Bonchev–Trinajstić information content (AvgIpc) is 3.06. The van der Waals surface area contributed by atoms with Crippen LogP contribution in [0.25, 0.3) is 6.08 Å². The highest BCUT2D eigenvalue weighted by atomic mass is 32.1. The van der Waals surface area contributed by atoms with Crippen molar-refractivity contribution in [2.24, 2.45) is 0 Å². The van der Waals surface area contributed by atoms with Gasteiger partial charge < -0.3 is 15.0 Å². The van der Waals surface area contributed by atoms with Gasteiger partial charge in [0.1, 0.15) is 5.75 Å². The van der Waals surface area contributed by atoms with Crippen molar-refractivity contribution < 1.29 is 19.2 Å². The lowest BCUT2D eigenvalue weighted by molar-refractivity contribution is -0.380. The van der Waals surface area contributed by atoms with Crippen molar-refractivity contribution >= 4 is 45.6 Å². The van der Waals surface area contributed by atoms with Crippen molar-refractivity contribution in [1.82, 2.24) is 0 Å². The summed E-state index contributed by atoms with van der Waals surface area (Å²) in [5.74, 6) is -0.00809. The molecule has 0 saturated heterocycles. The van der Waals surface area contributed by atoms with E-state index in [1.165, 1.54) is 23.1 Å². The molecule has 1 aromatic carbocycles. The molecular formula is C16H13N3O5S. The Balaban J connectivity index is 1.67. The third kappa shape index (κ3) is 3.66. The lowest BCUT2D eigenvalue weighted by Crippen LogP contribution is -2.35. The normalized spacial score (nSPS) is 13.5. The molecule has 3 rings (SSSR count). The zero-order chi connectivity index (χ0) is 18.0. The summed E-state index contributed by atoms with van der Waals surface area (Å²) in [6.45, 7) is -0.0437. The van der Waals surface area contributed by atoms with Crippen LogP contribution in [0, 0.1) is 10.1 Å². The third-order valence-corrected chi connectivity index (χ3v) is 4.51. The lowest BCUT2D eigenvalue weighted by Gasteiger charge is -2.26. The number of carbonyl (C=O) groups excluding carboxylic acids is 2. The maximum absolute atomic E-state index is 12.0. The third-order valence-electron chi connectivity index (χ3n) is 3.51. The van der Waals surface area contributed by atoms with Crippen LogP contribution in [0.1, 0.15) is 4.88 Å². The zero-order valence-corrected chi connectivity index (χ0v) is 13.9. The van der Waals surface area contributed by atoms with Crippen LogP contribution in [0.2, 0.25) is 0 Å². The van der Waals surface area contributed by atoms with Gasteiger partial charge in [0.15, 0.2) is 6.61 Å². The number of anilines is 2. The van der Waals surface area contributed by atoms with Gasteiger partial charge >= 0.3 is 5.00 Å². The predicted octanol–water partition coefficient (Wildman–Crippen LogP) is 2.66. The number of thiophene rings is 1. The summed E-state index contributed by atoms with van der Waals surface area (Å²) in [5.41, 5.74) is 1.16. The Morgan fingerprint density at radius 2 is 2.20 bits per heavy atom. The van der Waals surface area contributed by atoms with E-state index in [1.54, 1.807) is 31.3 Å². The number of nitrogens with one attached hydrogen (secondary N) is 1. The molecule has 8 nitrogen and oxygen atoms in total. The number of benzene rings is 1. The van der Waals surface area contributed by atoms with E-state index in [0.717, 1.165) is 11.3 Å². The molecule has 128 valence electrons. The molecule has 2 amide bonds. The van der Waals surface area contributed by atoms with Crippen molar-refractivity contribution in [3.05, 3.63) is 51.4 Å². The van der Waals surface area contributed by atoms with Crippen LogP contribution in [0.15, 0.2) is 36.4 Å². The number of fused-ring (bicyclic) bond motifs is 1. The van der Waals surface area contributed by atoms with Crippen molar-refractivity contribution in [1.29, 1.82) is 0 Å². The largest absolute Gasteiger partial charge is 0.481 e. The number of nitro groups is 1. The number of ether oxygens (including phenoxy) is 1. The summed E-state index contributed by atoms with van der Waals surface area (Å²) in [7, 11) is 1.66. The van der Waals surface area contributed by atoms with Gasteiger partial charge in [0.25, 0.3) is 5.91 Å². The van der Waals surface area contributed by atoms with Crippen LogP contribution < -0.4 is 15.0 Å². The number of hydrogen-bond donors (Lipinski definition) is 1. The predicted molar refractivity (Wildman–Crippen MR) is 94.0 cm³/mol. The number of nitrogens with zero attached hydrogens (tertiary/aromatic N) is 2. The van der Waals surface area contributed by atoms with Crippen LogP contribution >= 0.6 is 11.3 Å². The minimum atomic E-state index is -0.475. The van der Waals surface area contributed by atoms with Gasteiger partial charge in [0, 0.05) is 35.8 Å². The molecular weight excluding hydrogens is 346 g/mol. The summed E-state index contributed by atoms with van der Waals surface area (Å²) >= 11 is 0.985. The molecule has 0 aliphatic carbocycles. The maximum atomic E-state index is 12.0. The van der Waals surface area contributed by atoms with Crippen LogP contribution in [0.4, 0.5) is 16.4 Å². The number of amides is 2. The first-order valence-electron chi connectivity index (χ1n) is 7.21. The van der Waals surface area contributed by atoms with Crippen LogP contribution in [-0.4, -0.2) is 30.4 Å². The minimum Gasteiger partial charge on any atom is -0.481 e. The summed E-state index contributed by atoms with van der Waals surface area (Å²) < 4.78 is 5.36. The highest BCUT2D eigenvalue weighted by molar-refractivity contribution is 7.16. The molecule has 1 aliphatic rings. The van der Waals surface area contributed by atoms with Gasteiger partial charge in [-0.15, -0.1) is 0 Å². The quantitative estimate of drug-likeness (QED) is 0.514. The van der Waals surface area contributed by atoms with E-state index in [0.29, 0.717) is 22.0 Å². The van der Waals surface area contributed by atoms with E-state index in [1.807, 2.05) is 0 Å². The number of carbonyl (C=O) groups is 2. The fourth-order valence-corrected chi connectivity index (χ4v) is 2.95. The first kappa shape index (κ1) is 16.7. The zero-order valence-electron chi connectivity index (χ0n) is 13.1. The van der Waals surface area contributed by atoms with E-state index in [-0.39, 0.29) is 23.4 Å². The molecule has 25 heavy (non-hydrogen) atoms. The molecule has 0 unspecified atom stereocenters. The Bertz CT molecular complexity index is 890. The molecule has 1 N–H and O–H groups in total. The fourth-order valence-electron chi connectivity index (χ4n) is 2.23. The highest BCUT2D eigenvalue weighted by Crippen LogP contribution is 2.33. The summed E-state index contributed by atoms with van der Waals surface area (Å²) in [5, 5.41) is 13.3. The Morgan fingerprint density at radius 3 is 2.92 bits per heavy atom. The van der Waals surface area contributed by atoms with E-state index < -0.39 is 4.92 Å². The molecule has 0 radical (unpaired) electrons. The van der Waals surface area contributed by atoms with Gasteiger partial charge in [-0.3, -0.25) is 19.7 Å². The Kier molecular flexibility index (Phi) is 4.48. The van der Waals surface area contributed by atoms with Gasteiger partial charge in [-0.05, 0) is 24.3 Å². The molecule has 2 aromatic rings. The first-order valence-corrected chi connectivity index (χ1v) is 8.02. The Hall–Kier alpha value is -3.20. The monoisotopic (exact) mass is 359 g/mol. The standard InChI is InChI=1S/C16H13N3O5S/c1-18-12-5-2-10(8-13(12)24-9-15(18)21)17-14(20)6-3-11-4-7-16(25-11)19(22)23/h2-8H,9H2,1H3,(H,17,20)/b6-3+. The first-order chi connectivity index (χ1) is 11.9. The van der Waals surface area contributed by atoms with E-state index in [9.17, 15) is 19.7 Å². The number of rotatable bonds is 4. The molecule has 0 bridgehead atoms. The SMILES string of the molecule is CN1C(=O)COc2cc(NC(=O)/C=C/c3ccc([N+](=O)[O-])s3)ccc21. The average molecular weight is 359 g/mol. The van der Waals surface area contributed by atoms with Gasteiger partial charge in [-0.25, -0.2) is 0 Å². The molecule has 2 heterocycles. The Labute approximate surface area is 146 Å². The highest BCUT2D eigenvalue weighted by Gasteiger charge is 2.22. The summed E-state index contributed by atoms with van der Waals surface area (Å²) in [4.78, 5) is 35.8. The molecule has 0 atom stereocenters. The second-order valence-electron chi connectivity index (χ2n) is 5.18. The van der Waals surface area contributed by atoms with Crippen LogP contribution in [0.5, 0.6) is 5.75 Å². The van der Waals surface area contributed by atoms with E-state index in [2.05, 4.69) is 5.32 Å². The molecule has 1 aliphatic heterocycles. The van der Waals surface area contributed by atoms with Crippen molar-refractivity contribution in [3.8, 4) is 5.75 Å². The Morgan fingerprint density at radius 1 is 1.40 bits per heavy atom. The second-order valence-corrected chi connectivity index (χ2v) is 6.27. The summed E-state index contributed by atoms with van der Waals surface area (Å²) in [6, 6.07) is 7.96. The molecule has 9 heteroatoms. The number of likely N-dealkylation sites (N-methyl/N-ethyl adjacent to an activating group) is 1.